The minimum Gasteiger partial charge on any atom is -0.508 e. The van der Waals surface area contributed by atoms with Gasteiger partial charge in [-0.05, 0) is 36.1 Å². The molecule has 1 unspecified atom stereocenters. The van der Waals surface area contributed by atoms with Crippen LogP contribution in [0.15, 0.2) is 23.8 Å². The lowest BCUT2D eigenvalue weighted by molar-refractivity contribution is 0.472. The predicted octanol–water partition coefficient (Wildman–Crippen LogP) is 2.67. The van der Waals surface area contributed by atoms with Gasteiger partial charge in [0.1, 0.15) is 5.75 Å². The molecule has 0 amide bonds. The molecule has 0 aromatic heterocycles. The first-order chi connectivity index (χ1) is 5.84. The molecule has 1 heteroatoms. The van der Waals surface area contributed by atoms with Crippen molar-refractivity contribution in [2.24, 2.45) is 0 Å². The van der Waals surface area contributed by atoms with Gasteiger partial charge in [0.15, 0.2) is 0 Å². The minimum atomic E-state index is 0.398. The molecule has 1 aromatic rings. The van der Waals surface area contributed by atoms with Gasteiger partial charge in [-0.2, -0.15) is 0 Å². The third-order valence-electron chi connectivity index (χ3n) is 2.96. The Labute approximate surface area is 71.3 Å². The lowest BCUT2D eigenvalue weighted by Crippen LogP contribution is -2.08. The Bertz CT molecular complexity index is 377. The van der Waals surface area contributed by atoms with Crippen molar-refractivity contribution in [1.29, 1.82) is 0 Å². The second-order valence-corrected chi connectivity index (χ2v) is 3.62. The van der Waals surface area contributed by atoms with E-state index in [0.29, 0.717) is 11.7 Å². The van der Waals surface area contributed by atoms with Gasteiger partial charge in [0.25, 0.3) is 0 Å². The normalized spacial score (nSPS) is 24.0. The molecule has 0 heterocycles. The van der Waals surface area contributed by atoms with Crippen LogP contribution in [0.25, 0.3) is 6.08 Å². The third kappa shape index (κ3) is 0.638. The van der Waals surface area contributed by atoms with Crippen LogP contribution in [-0.4, -0.2) is 5.11 Å². The molecule has 2 aliphatic rings. The summed E-state index contributed by atoms with van der Waals surface area (Å²) in [7, 11) is 0. The van der Waals surface area contributed by atoms with Gasteiger partial charge in [0, 0.05) is 5.92 Å². The standard InChI is InChI=1S/C11H10O/c12-9-3-1-8-5-7-2-4-10(7)11(8)6-9/h1,3,5-6,10,12H,2,4H2. The number of hydrogen-bond acceptors (Lipinski definition) is 1. The number of phenols is 1. The van der Waals surface area contributed by atoms with E-state index in [0.717, 1.165) is 0 Å². The summed E-state index contributed by atoms with van der Waals surface area (Å²) < 4.78 is 0. The molecule has 60 valence electrons. The summed E-state index contributed by atoms with van der Waals surface area (Å²) in [5.41, 5.74) is 4.19. The Morgan fingerprint density at radius 3 is 3.00 bits per heavy atom. The van der Waals surface area contributed by atoms with Gasteiger partial charge in [-0.3, -0.25) is 0 Å². The highest BCUT2D eigenvalue weighted by Gasteiger charge is 2.31. The number of benzene rings is 1. The number of rotatable bonds is 0. The average Bonchev–Trinajstić information content (AvgIpc) is 2.22. The first-order valence-corrected chi connectivity index (χ1v) is 4.38. The maximum absolute atomic E-state index is 9.30. The molecule has 1 N–H and O–H groups in total. The van der Waals surface area contributed by atoms with E-state index in [-0.39, 0.29) is 0 Å². The van der Waals surface area contributed by atoms with Crippen molar-refractivity contribution in [1.82, 2.24) is 0 Å². The van der Waals surface area contributed by atoms with E-state index < -0.39 is 0 Å². The fourth-order valence-electron chi connectivity index (χ4n) is 2.18. The molecule has 12 heavy (non-hydrogen) atoms. The summed E-state index contributed by atoms with van der Waals surface area (Å²) in [4.78, 5) is 0. The zero-order chi connectivity index (χ0) is 8.13. The van der Waals surface area contributed by atoms with Crippen molar-refractivity contribution in [3.63, 3.8) is 0 Å². The van der Waals surface area contributed by atoms with Gasteiger partial charge in [0.05, 0.1) is 0 Å². The molecule has 0 aliphatic heterocycles. The van der Waals surface area contributed by atoms with Crippen LogP contribution in [0.2, 0.25) is 0 Å². The van der Waals surface area contributed by atoms with Crippen molar-refractivity contribution in [2.45, 2.75) is 18.8 Å². The van der Waals surface area contributed by atoms with Crippen LogP contribution in [0.3, 0.4) is 0 Å². The second-order valence-electron chi connectivity index (χ2n) is 3.62. The largest absolute Gasteiger partial charge is 0.508 e. The van der Waals surface area contributed by atoms with Crippen LogP contribution in [0, 0.1) is 0 Å². The van der Waals surface area contributed by atoms with Crippen LogP contribution < -0.4 is 0 Å². The summed E-state index contributed by atoms with van der Waals surface area (Å²) >= 11 is 0. The van der Waals surface area contributed by atoms with Crippen LogP contribution in [-0.2, 0) is 0 Å². The fraction of sp³-hybridized carbons (Fsp3) is 0.273. The fourth-order valence-corrected chi connectivity index (χ4v) is 2.18. The molecule has 0 spiro atoms. The molecular formula is C11H10O. The number of aromatic hydroxyl groups is 1. The molecule has 1 nitrogen and oxygen atoms in total. The monoisotopic (exact) mass is 158 g/mol. The van der Waals surface area contributed by atoms with Gasteiger partial charge < -0.3 is 5.11 Å². The van der Waals surface area contributed by atoms with Gasteiger partial charge >= 0.3 is 0 Å². The summed E-state index contributed by atoms with van der Waals surface area (Å²) in [5.74, 6) is 1.04. The Morgan fingerprint density at radius 1 is 1.33 bits per heavy atom. The van der Waals surface area contributed by atoms with E-state index in [4.69, 9.17) is 0 Å². The number of allylic oxidation sites excluding steroid dienone is 1. The topological polar surface area (TPSA) is 20.2 Å². The van der Waals surface area contributed by atoms with Crippen LogP contribution in [0.1, 0.15) is 29.9 Å². The maximum Gasteiger partial charge on any atom is 0.115 e. The lowest BCUT2D eigenvalue weighted by Gasteiger charge is -2.25. The summed E-state index contributed by atoms with van der Waals surface area (Å²) in [6, 6.07) is 5.68. The minimum absolute atomic E-state index is 0.398. The molecular weight excluding hydrogens is 148 g/mol. The number of phenolic OH excluding ortho intramolecular Hbond substituents is 1. The molecule has 1 saturated carbocycles. The number of hydrogen-bond donors (Lipinski definition) is 1. The molecule has 0 saturated heterocycles. The highest BCUT2D eigenvalue weighted by atomic mass is 16.3. The van der Waals surface area contributed by atoms with Crippen LogP contribution in [0.4, 0.5) is 0 Å². The van der Waals surface area contributed by atoms with Crippen molar-refractivity contribution < 1.29 is 5.11 Å². The molecule has 0 radical (unpaired) electrons. The molecule has 3 rings (SSSR count). The first-order valence-electron chi connectivity index (χ1n) is 4.38. The third-order valence-corrected chi connectivity index (χ3v) is 2.96. The summed E-state index contributed by atoms with van der Waals surface area (Å²) in [6.07, 6.45) is 4.78. The zero-order valence-corrected chi connectivity index (χ0v) is 6.75. The quantitative estimate of drug-likeness (QED) is 0.615. The van der Waals surface area contributed by atoms with E-state index in [9.17, 15) is 5.11 Å². The highest BCUT2D eigenvalue weighted by molar-refractivity contribution is 5.69. The smallest absolute Gasteiger partial charge is 0.115 e. The van der Waals surface area contributed by atoms with E-state index in [1.165, 1.54) is 24.0 Å². The van der Waals surface area contributed by atoms with Crippen LogP contribution >= 0.6 is 0 Å². The summed E-state index contributed by atoms with van der Waals surface area (Å²) in [6.45, 7) is 0. The first kappa shape index (κ1) is 6.30. The highest BCUT2D eigenvalue weighted by Crippen LogP contribution is 2.49. The molecule has 0 bridgehead atoms. The van der Waals surface area contributed by atoms with E-state index >= 15 is 0 Å². The lowest BCUT2D eigenvalue weighted by atomic mass is 9.79. The molecule has 2 aliphatic carbocycles. The Hall–Kier alpha value is -1.24. The maximum atomic E-state index is 9.30. The Kier molecular flexibility index (Phi) is 1.01. The van der Waals surface area contributed by atoms with E-state index in [1.807, 2.05) is 12.1 Å². The van der Waals surface area contributed by atoms with Gasteiger partial charge in [0.2, 0.25) is 0 Å². The van der Waals surface area contributed by atoms with Gasteiger partial charge in [-0.15, -0.1) is 0 Å². The molecule has 1 fully saturated rings. The zero-order valence-electron chi connectivity index (χ0n) is 6.75. The molecule has 1 aromatic carbocycles. The Morgan fingerprint density at radius 2 is 2.25 bits per heavy atom. The Balaban J connectivity index is 2.20. The molecule has 1 atom stereocenters. The average molecular weight is 158 g/mol. The van der Waals surface area contributed by atoms with Crippen molar-refractivity contribution in [3.8, 4) is 5.75 Å². The number of fused-ring (bicyclic) bond motifs is 3. The SMILES string of the molecule is Oc1ccc2c(c1)C1CCC1=C2. The van der Waals surface area contributed by atoms with Gasteiger partial charge in [-0.1, -0.05) is 17.7 Å². The van der Waals surface area contributed by atoms with E-state index in [2.05, 4.69) is 6.08 Å². The second kappa shape index (κ2) is 1.92. The van der Waals surface area contributed by atoms with Crippen molar-refractivity contribution >= 4 is 6.08 Å². The van der Waals surface area contributed by atoms with Crippen LogP contribution in [0.5, 0.6) is 5.75 Å². The van der Waals surface area contributed by atoms with Crippen molar-refractivity contribution in [2.75, 3.05) is 0 Å². The van der Waals surface area contributed by atoms with E-state index in [1.54, 1.807) is 11.6 Å². The van der Waals surface area contributed by atoms with Gasteiger partial charge in [-0.25, -0.2) is 0 Å². The summed E-state index contributed by atoms with van der Waals surface area (Å²) in [5, 5.41) is 9.30. The predicted molar refractivity (Wildman–Crippen MR) is 48.1 cm³/mol. The van der Waals surface area contributed by atoms with Crippen molar-refractivity contribution in [3.05, 3.63) is 34.9 Å².